The van der Waals surface area contributed by atoms with Gasteiger partial charge in [-0.05, 0) is 35.7 Å². The fourth-order valence-electron chi connectivity index (χ4n) is 2.49. The predicted molar refractivity (Wildman–Crippen MR) is 90.0 cm³/mol. The molecule has 22 heavy (non-hydrogen) atoms. The number of hydrogen-bond acceptors (Lipinski definition) is 3. The number of nitrogens with zero attached hydrogens (tertiary/aromatic N) is 1. The van der Waals surface area contributed by atoms with Gasteiger partial charge in [0.2, 0.25) is 5.95 Å². The zero-order chi connectivity index (χ0) is 15.5. The number of hydrogen-bond donors (Lipinski definition) is 2. The Morgan fingerprint density at radius 3 is 2.86 bits per heavy atom. The highest BCUT2D eigenvalue weighted by Crippen LogP contribution is 2.26. The van der Waals surface area contributed by atoms with E-state index in [9.17, 15) is 4.79 Å². The Kier molecular flexibility index (Phi) is 4.11. The van der Waals surface area contributed by atoms with Crippen LogP contribution in [0.5, 0.6) is 0 Å². The number of fused-ring (bicyclic) bond motifs is 1. The molecule has 0 amide bonds. The SMILES string of the molecule is CCc1cc(CC=O)cc2[nH]c(Nc3ccccc3Cl)nc12. The highest BCUT2D eigenvalue weighted by atomic mass is 35.5. The van der Waals surface area contributed by atoms with Crippen molar-refractivity contribution in [1.29, 1.82) is 0 Å². The summed E-state index contributed by atoms with van der Waals surface area (Å²) >= 11 is 6.15. The number of anilines is 2. The minimum absolute atomic E-state index is 0.412. The van der Waals surface area contributed by atoms with Gasteiger partial charge >= 0.3 is 0 Å². The highest BCUT2D eigenvalue weighted by molar-refractivity contribution is 6.33. The molecule has 0 spiro atoms. The molecule has 1 heterocycles. The van der Waals surface area contributed by atoms with Crippen LogP contribution >= 0.6 is 11.6 Å². The van der Waals surface area contributed by atoms with Gasteiger partial charge < -0.3 is 15.1 Å². The molecule has 3 rings (SSSR count). The third-order valence-corrected chi connectivity index (χ3v) is 3.88. The summed E-state index contributed by atoms with van der Waals surface area (Å²) in [6, 6.07) is 11.5. The number of imidazole rings is 1. The molecule has 0 saturated heterocycles. The molecule has 0 aliphatic carbocycles. The van der Waals surface area contributed by atoms with Gasteiger partial charge in [0.25, 0.3) is 0 Å². The van der Waals surface area contributed by atoms with Crippen LogP contribution in [0.25, 0.3) is 11.0 Å². The second-order valence-corrected chi connectivity index (χ2v) is 5.47. The van der Waals surface area contributed by atoms with Crippen LogP contribution in [0.4, 0.5) is 11.6 Å². The van der Waals surface area contributed by atoms with Crippen molar-refractivity contribution in [2.45, 2.75) is 19.8 Å². The van der Waals surface area contributed by atoms with Crippen molar-refractivity contribution < 1.29 is 4.79 Å². The van der Waals surface area contributed by atoms with Gasteiger partial charge in [0.05, 0.1) is 21.7 Å². The number of benzene rings is 2. The third kappa shape index (κ3) is 2.83. The van der Waals surface area contributed by atoms with Crippen molar-refractivity contribution in [2.24, 2.45) is 0 Å². The number of aldehydes is 1. The average molecular weight is 314 g/mol. The quantitative estimate of drug-likeness (QED) is 0.692. The van der Waals surface area contributed by atoms with Crippen LogP contribution in [0.1, 0.15) is 18.1 Å². The molecule has 1 aromatic heterocycles. The van der Waals surface area contributed by atoms with Crippen molar-refractivity contribution in [2.75, 3.05) is 5.32 Å². The normalized spacial score (nSPS) is 10.8. The van der Waals surface area contributed by atoms with Gasteiger partial charge in [-0.15, -0.1) is 0 Å². The maximum atomic E-state index is 10.7. The van der Waals surface area contributed by atoms with Crippen LogP contribution in [0.3, 0.4) is 0 Å². The van der Waals surface area contributed by atoms with E-state index >= 15 is 0 Å². The lowest BCUT2D eigenvalue weighted by Crippen LogP contribution is -1.92. The molecule has 2 aromatic carbocycles. The van der Waals surface area contributed by atoms with Crippen LogP contribution in [0, 0.1) is 0 Å². The maximum absolute atomic E-state index is 10.7. The summed E-state index contributed by atoms with van der Waals surface area (Å²) in [5, 5.41) is 3.84. The van der Waals surface area contributed by atoms with Crippen LogP contribution < -0.4 is 5.32 Å². The Morgan fingerprint density at radius 2 is 2.14 bits per heavy atom. The summed E-state index contributed by atoms with van der Waals surface area (Å²) in [6.07, 6.45) is 2.19. The first kappa shape index (κ1) is 14.6. The van der Waals surface area contributed by atoms with E-state index in [4.69, 9.17) is 11.6 Å². The van der Waals surface area contributed by atoms with Gasteiger partial charge in [0.1, 0.15) is 6.29 Å². The minimum Gasteiger partial charge on any atom is -0.324 e. The summed E-state index contributed by atoms with van der Waals surface area (Å²) in [5.41, 5.74) is 4.76. The van der Waals surface area contributed by atoms with Gasteiger partial charge in [-0.1, -0.05) is 36.7 Å². The zero-order valence-electron chi connectivity index (χ0n) is 12.2. The molecular formula is C17H16ClN3O. The van der Waals surface area contributed by atoms with Gasteiger partial charge in [-0.3, -0.25) is 0 Å². The second-order valence-electron chi connectivity index (χ2n) is 5.07. The van der Waals surface area contributed by atoms with Crippen LogP contribution in [0.15, 0.2) is 36.4 Å². The van der Waals surface area contributed by atoms with E-state index in [1.165, 1.54) is 0 Å². The maximum Gasteiger partial charge on any atom is 0.205 e. The van der Waals surface area contributed by atoms with Crippen molar-refractivity contribution in [3.05, 3.63) is 52.5 Å². The Balaban J connectivity index is 2.02. The van der Waals surface area contributed by atoms with Gasteiger partial charge in [-0.25, -0.2) is 4.98 Å². The number of rotatable bonds is 5. The van der Waals surface area contributed by atoms with Crippen LogP contribution in [0.2, 0.25) is 5.02 Å². The second kappa shape index (κ2) is 6.20. The average Bonchev–Trinajstić information content (AvgIpc) is 2.91. The molecule has 0 aliphatic rings. The number of H-pyrrole nitrogens is 1. The minimum atomic E-state index is 0.412. The molecule has 2 N–H and O–H groups in total. The molecule has 112 valence electrons. The first-order valence-corrected chi connectivity index (χ1v) is 7.55. The van der Waals surface area contributed by atoms with E-state index in [-0.39, 0.29) is 0 Å². The number of aromatic amines is 1. The number of carbonyl (C=O) groups is 1. The number of carbonyl (C=O) groups excluding carboxylic acids is 1. The fourth-order valence-corrected chi connectivity index (χ4v) is 2.67. The highest BCUT2D eigenvalue weighted by Gasteiger charge is 2.10. The molecule has 3 aromatic rings. The molecular weight excluding hydrogens is 298 g/mol. The monoisotopic (exact) mass is 313 g/mol. The summed E-state index contributed by atoms with van der Waals surface area (Å²) in [5.74, 6) is 0.640. The molecule has 0 radical (unpaired) electrons. The van der Waals surface area contributed by atoms with Gasteiger partial charge in [0.15, 0.2) is 0 Å². The van der Waals surface area contributed by atoms with E-state index in [1.807, 2.05) is 36.4 Å². The number of nitrogens with one attached hydrogen (secondary N) is 2. The van der Waals surface area contributed by atoms with Crippen molar-refractivity contribution in [3.63, 3.8) is 0 Å². The summed E-state index contributed by atoms with van der Waals surface area (Å²) in [4.78, 5) is 18.6. The molecule has 0 saturated carbocycles. The third-order valence-electron chi connectivity index (χ3n) is 3.55. The lowest BCUT2D eigenvalue weighted by Gasteiger charge is -2.03. The molecule has 0 atom stereocenters. The summed E-state index contributed by atoms with van der Waals surface area (Å²) < 4.78 is 0. The largest absolute Gasteiger partial charge is 0.324 e. The lowest BCUT2D eigenvalue weighted by atomic mass is 10.0. The van der Waals surface area contributed by atoms with E-state index in [0.29, 0.717) is 17.4 Å². The molecule has 0 fully saturated rings. The molecule has 0 aliphatic heterocycles. The summed E-state index contributed by atoms with van der Waals surface area (Å²) in [7, 11) is 0. The van der Waals surface area contributed by atoms with Crippen LogP contribution in [-0.4, -0.2) is 16.3 Å². The molecule has 4 nitrogen and oxygen atoms in total. The van der Waals surface area contributed by atoms with Crippen LogP contribution in [-0.2, 0) is 17.6 Å². The number of halogens is 1. The van der Waals surface area contributed by atoms with Gasteiger partial charge in [0, 0.05) is 6.42 Å². The van der Waals surface area contributed by atoms with Crippen molar-refractivity contribution >= 4 is 40.6 Å². The Labute approximate surface area is 133 Å². The fraction of sp³-hybridized carbons (Fsp3) is 0.176. The van der Waals surface area contributed by atoms with E-state index in [1.54, 1.807) is 0 Å². The number of aromatic nitrogens is 2. The summed E-state index contributed by atoms with van der Waals surface area (Å²) in [6.45, 7) is 2.08. The first-order chi connectivity index (χ1) is 10.7. The van der Waals surface area contributed by atoms with Gasteiger partial charge in [-0.2, -0.15) is 0 Å². The molecule has 0 bridgehead atoms. The standard InChI is InChI=1S/C17H16ClN3O/c1-2-12-9-11(7-8-22)10-15-16(12)21-17(20-15)19-14-6-4-3-5-13(14)18/h3-6,8-10H,2,7H2,1H3,(H2,19,20,21). The number of para-hydroxylation sites is 1. The Hall–Kier alpha value is -2.33. The topological polar surface area (TPSA) is 57.8 Å². The zero-order valence-corrected chi connectivity index (χ0v) is 12.9. The predicted octanol–water partition coefficient (Wildman–Crippen LogP) is 4.26. The Bertz CT molecular complexity index is 826. The Morgan fingerprint density at radius 1 is 1.32 bits per heavy atom. The molecule has 5 heteroatoms. The van der Waals surface area contributed by atoms with E-state index in [2.05, 4.69) is 22.2 Å². The van der Waals surface area contributed by atoms with Crippen molar-refractivity contribution in [1.82, 2.24) is 9.97 Å². The lowest BCUT2D eigenvalue weighted by molar-refractivity contribution is -0.107. The van der Waals surface area contributed by atoms with E-state index in [0.717, 1.165) is 40.6 Å². The van der Waals surface area contributed by atoms with E-state index < -0.39 is 0 Å². The van der Waals surface area contributed by atoms with Crippen molar-refractivity contribution in [3.8, 4) is 0 Å². The number of aryl methyl sites for hydroxylation is 1. The molecule has 0 unspecified atom stereocenters. The smallest absolute Gasteiger partial charge is 0.205 e. The first-order valence-electron chi connectivity index (χ1n) is 7.18.